The van der Waals surface area contributed by atoms with Crippen molar-refractivity contribution in [2.45, 2.75) is 13.5 Å². The van der Waals surface area contributed by atoms with E-state index in [0.29, 0.717) is 17.9 Å². The molecular weight excluding hydrogens is 472 g/mol. The number of rotatable bonds is 7. The van der Waals surface area contributed by atoms with Crippen LogP contribution in [0.15, 0.2) is 88.7 Å². The van der Waals surface area contributed by atoms with Crippen molar-refractivity contribution in [3.8, 4) is 11.4 Å². The summed E-state index contributed by atoms with van der Waals surface area (Å²) >= 11 is 3.46. The quantitative estimate of drug-likeness (QED) is 0.310. The number of hydrogen-bond donors (Lipinski definition) is 1. The van der Waals surface area contributed by atoms with Gasteiger partial charge in [0.2, 0.25) is 0 Å². The van der Waals surface area contributed by atoms with Crippen molar-refractivity contribution in [1.29, 1.82) is 0 Å². The molecule has 0 spiro atoms. The number of para-hydroxylation sites is 1. The molecule has 1 amide bonds. The molecule has 0 aliphatic carbocycles. The Bertz CT molecular complexity index is 1260. The molecule has 1 N–H and O–H groups in total. The molecule has 8 nitrogen and oxygen atoms in total. The van der Waals surface area contributed by atoms with Crippen molar-refractivity contribution in [3.63, 3.8) is 0 Å². The number of carbonyl (C=O) groups is 1. The van der Waals surface area contributed by atoms with Crippen LogP contribution in [0.2, 0.25) is 0 Å². The Morgan fingerprint density at radius 3 is 2.69 bits per heavy atom. The Kier molecular flexibility index (Phi) is 6.66. The maximum absolute atomic E-state index is 12.6. The van der Waals surface area contributed by atoms with E-state index in [9.17, 15) is 4.79 Å². The second-order valence-electron chi connectivity index (χ2n) is 6.86. The van der Waals surface area contributed by atoms with Gasteiger partial charge >= 0.3 is 0 Å². The highest BCUT2D eigenvalue weighted by Crippen LogP contribution is 2.24. The highest BCUT2D eigenvalue weighted by molar-refractivity contribution is 9.10. The van der Waals surface area contributed by atoms with Crippen LogP contribution < -0.4 is 10.2 Å². The van der Waals surface area contributed by atoms with Crippen molar-refractivity contribution >= 4 is 27.5 Å². The van der Waals surface area contributed by atoms with Gasteiger partial charge in [0.05, 0.1) is 15.9 Å². The van der Waals surface area contributed by atoms with Crippen LogP contribution in [0.25, 0.3) is 5.69 Å². The van der Waals surface area contributed by atoms with E-state index in [4.69, 9.17) is 4.74 Å². The standard InChI is InChI=1S/C23H19BrN6O2/c1-16(18-7-5-9-20(13-18)30-15-25-28-29-30)26-27-23(31)19-8-4-6-17(12-19)14-32-22-11-3-2-10-21(22)24/h2-13,15H,14H2,1H3,(H,27,31)/b26-16-. The summed E-state index contributed by atoms with van der Waals surface area (Å²) in [6.45, 7) is 2.16. The van der Waals surface area contributed by atoms with E-state index in [1.54, 1.807) is 16.8 Å². The average Bonchev–Trinajstić information content (AvgIpc) is 3.37. The minimum absolute atomic E-state index is 0.302. The number of ether oxygens (including phenoxy) is 1. The highest BCUT2D eigenvalue weighted by atomic mass is 79.9. The van der Waals surface area contributed by atoms with Gasteiger partial charge in [-0.15, -0.1) is 5.10 Å². The van der Waals surface area contributed by atoms with Gasteiger partial charge < -0.3 is 4.74 Å². The molecule has 0 atom stereocenters. The molecule has 0 fully saturated rings. The van der Waals surface area contributed by atoms with E-state index in [1.165, 1.54) is 6.33 Å². The number of carbonyl (C=O) groups excluding carboxylic acids is 1. The van der Waals surface area contributed by atoms with E-state index in [0.717, 1.165) is 27.0 Å². The molecule has 32 heavy (non-hydrogen) atoms. The Labute approximate surface area is 193 Å². The van der Waals surface area contributed by atoms with Crippen LogP contribution in [0.1, 0.15) is 28.4 Å². The second kappa shape index (κ2) is 9.97. The Balaban J connectivity index is 1.41. The number of nitrogens with zero attached hydrogens (tertiary/aromatic N) is 5. The number of amides is 1. The zero-order valence-electron chi connectivity index (χ0n) is 17.1. The van der Waals surface area contributed by atoms with E-state index >= 15 is 0 Å². The maximum Gasteiger partial charge on any atom is 0.271 e. The van der Waals surface area contributed by atoms with E-state index < -0.39 is 0 Å². The molecule has 0 aliphatic heterocycles. The van der Waals surface area contributed by atoms with Crippen molar-refractivity contribution in [2.75, 3.05) is 0 Å². The van der Waals surface area contributed by atoms with E-state index in [2.05, 4.69) is 42.0 Å². The first kappa shape index (κ1) is 21.4. The van der Waals surface area contributed by atoms with Gasteiger partial charge in [-0.05, 0) is 80.8 Å². The molecule has 4 rings (SSSR count). The summed E-state index contributed by atoms with van der Waals surface area (Å²) in [5.41, 5.74) is 6.28. The molecule has 0 radical (unpaired) electrons. The van der Waals surface area contributed by atoms with Gasteiger partial charge in [0.1, 0.15) is 18.7 Å². The third-order valence-electron chi connectivity index (χ3n) is 4.62. The zero-order chi connectivity index (χ0) is 22.3. The summed E-state index contributed by atoms with van der Waals surface area (Å²) in [7, 11) is 0. The van der Waals surface area contributed by atoms with Crippen molar-refractivity contribution < 1.29 is 9.53 Å². The second-order valence-corrected chi connectivity index (χ2v) is 7.72. The minimum atomic E-state index is -0.302. The zero-order valence-corrected chi connectivity index (χ0v) is 18.7. The van der Waals surface area contributed by atoms with Crippen molar-refractivity contribution in [3.05, 3.63) is 100 Å². The van der Waals surface area contributed by atoms with Crippen LogP contribution in [-0.2, 0) is 6.61 Å². The van der Waals surface area contributed by atoms with Crippen molar-refractivity contribution in [1.82, 2.24) is 25.6 Å². The Hall–Kier alpha value is -3.85. The molecule has 160 valence electrons. The summed E-state index contributed by atoms with van der Waals surface area (Å²) in [5.74, 6) is 0.440. The summed E-state index contributed by atoms with van der Waals surface area (Å²) in [6.07, 6.45) is 1.51. The number of halogens is 1. The first-order valence-electron chi connectivity index (χ1n) is 9.75. The minimum Gasteiger partial charge on any atom is -0.488 e. The molecule has 9 heteroatoms. The molecule has 0 saturated carbocycles. The lowest BCUT2D eigenvalue weighted by Gasteiger charge is -2.09. The molecule has 1 aromatic heterocycles. The molecule has 4 aromatic rings. The number of hydrazone groups is 1. The molecule has 3 aromatic carbocycles. The van der Waals surface area contributed by atoms with Crippen LogP contribution in [0.4, 0.5) is 0 Å². The van der Waals surface area contributed by atoms with Crippen molar-refractivity contribution in [2.24, 2.45) is 5.10 Å². The van der Waals surface area contributed by atoms with E-state index in [1.807, 2.05) is 67.6 Å². The van der Waals surface area contributed by atoms with Gasteiger partial charge in [0.25, 0.3) is 5.91 Å². The smallest absolute Gasteiger partial charge is 0.271 e. The molecule has 0 unspecified atom stereocenters. The largest absolute Gasteiger partial charge is 0.488 e. The summed E-state index contributed by atoms with van der Waals surface area (Å²) in [4.78, 5) is 12.6. The van der Waals surface area contributed by atoms with Gasteiger partial charge in [-0.1, -0.05) is 36.4 Å². The van der Waals surface area contributed by atoms with Gasteiger partial charge in [0, 0.05) is 5.56 Å². The predicted molar refractivity (Wildman–Crippen MR) is 124 cm³/mol. The SMILES string of the molecule is C/C(=N/NC(=O)c1cccc(COc2ccccc2Br)c1)c1cccc(-n2cnnn2)c1. The Morgan fingerprint density at radius 1 is 1.06 bits per heavy atom. The summed E-state index contributed by atoms with van der Waals surface area (Å²) < 4.78 is 8.26. The molecular formula is C23H19BrN6O2. The number of hydrogen-bond acceptors (Lipinski definition) is 6. The first-order valence-corrected chi connectivity index (χ1v) is 10.5. The monoisotopic (exact) mass is 490 g/mol. The maximum atomic E-state index is 12.6. The lowest BCUT2D eigenvalue weighted by molar-refractivity contribution is 0.0954. The number of tetrazole rings is 1. The van der Waals surface area contributed by atoms with Gasteiger partial charge in [0.15, 0.2) is 0 Å². The van der Waals surface area contributed by atoms with Crippen LogP contribution in [0, 0.1) is 0 Å². The lowest BCUT2D eigenvalue weighted by Crippen LogP contribution is -2.19. The third-order valence-corrected chi connectivity index (χ3v) is 5.28. The Morgan fingerprint density at radius 2 is 1.88 bits per heavy atom. The van der Waals surface area contributed by atoms with Crippen LogP contribution in [0.5, 0.6) is 5.75 Å². The van der Waals surface area contributed by atoms with Crippen LogP contribution >= 0.6 is 15.9 Å². The van der Waals surface area contributed by atoms with Crippen LogP contribution in [0.3, 0.4) is 0 Å². The molecule has 1 heterocycles. The van der Waals surface area contributed by atoms with Gasteiger partial charge in [-0.25, -0.2) is 10.1 Å². The molecule has 0 aliphatic rings. The molecule has 0 bridgehead atoms. The molecule has 0 saturated heterocycles. The summed E-state index contributed by atoms with van der Waals surface area (Å²) in [6, 6.07) is 22.4. The fraction of sp³-hybridized carbons (Fsp3) is 0.0870. The number of aromatic nitrogens is 4. The normalized spacial score (nSPS) is 11.2. The van der Waals surface area contributed by atoms with E-state index in [-0.39, 0.29) is 5.91 Å². The fourth-order valence-corrected chi connectivity index (χ4v) is 3.34. The predicted octanol–water partition coefficient (Wildman–Crippen LogP) is 4.16. The third kappa shape index (κ3) is 5.25. The fourth-order valence-electron chi connectivity index (χ4n) is 2.94. The van der Waals surface area contributed by atoms with Gasteiger partial charge in [-0.2, -0.15) is 5.10 Å². The first-order chi connectivity index (χ1) is 15.6. The van der Waals surface area contributed by atoms with Crippen LogP contribution in [-0.4, -0.2) is 31.8 Å². The number of nitrogens with one attached hydrogen (secondary N) is 1. The van der Waals surface area contributed by atoms with Gasteiger partial charge in [-0.3, -0.25) is 4.79 Å². The topological polar surface area (TPSA) is 94.3 Å². The number of benzene rings is 3. The average molecular weight is 491 g/mol. The highest BCUT2D eigenvalue weighted by Gasteiger charge is 2.08. The summed E-state index contributed by atoms with van der Waals surface area (Å²) in [5, 5.41) is 15.4. The lowest BCUT2D eigenvalue weighted by atomic mass is 10.1.